The van der Waals surface area contributed by atoms with E-state index in [4.69, 9.17) is 0 Å². The number of nitrogens with zero attached hydrogens (tertiary/aromatic N) is 2. The minimum atomic E-state index is 0.161. The van der Waals surface area contributed by atoms with Crippen LogP contribution in [0.25, 0.3) is 0 Å². The van der Waals surface area contributed by atoms with Crippen LogP contribution in [0.4, 0.5) is 0 Å². The van der Waals surface area contributed by atoms with Crippen LogP contribution in [0.3, 0.4) is 0 Å². The highest BCUT2D eigenvalue weighted by Gasteiger charge is 2.17. The van der Waals surface area contributed by atoms with Crippen LogP contribution in [0.1, 0.15) is 30.0 Å². The van der Waals surface area contributed by atoms with Gasteiger partial charge in [0.25, 0.3) is 0 Å². The second-order valence-electron chi connectivity index (χ2n) is 6.93. The number of thiophene rings is 1. The summed E-state index contributed by atoms with van der Waals surface area (Å²) in [6.07, 6.45) is 2.46. The molecule has 0 bridgehead atoms. The summed E-state index contributed by atoms with van der Waals surface area (Å²) in [4.78, 5) is 17.5. The van der Waals surface area contributed by atoms with Gasteiger partial charge in [-0.25, -0.2) is 0 Å². The lowest BCUT2D eigenvalue weighted by atomic mass is 10.1. The third kappa shape index (κ3) is 5.75. The Kier molecular flexibility index (Phi) is 6.80. The molecule has 0 aliphatic heterocycles. The highest BCUT2D eigenvalue weighted by atomic mass is 32.2. The monoisotopic (exact) mass is 398 g/mol. The lowest BCUT2D eigenvalue weighted by molar-refractivity contribution is -0.131. The number of benzene rings is 1. The molecule has 1 aromatic carbocycles. The zero-order chi connectivity index (χ0) is 19.2. The van der Waals surface area contributed by atoms with E-state index in [0.29, 0.717) is 24.8 Å². The van der Waals surface area contributed by atoms with Gasteiger partial charge in [0.1, 0.15) is 0 Å². The number of carbonyl (C=O) groups excluding carboxylic acids is 1. The van der Waals surface area contributed by atoms with Crippen LogP contribution in [-0.2, 0) is 31.4 Å². The third-order valence-corrected chi connectivity index (χ3v) is 6.21. The van der Waals surface area contributed by atoms with Gasteiger partial charge in [-0.1, -0.05) is 32.0 Å². The Morgan fingerprint density at radius 3 is 2.48 bits per heavy atom. The van der Waals surface area contributed by atoms with Crippen LogP contribution >= 0.6 is 23.1 Å². The number of amides is 1. The van der Waals surface area contributed by atoms with Gasteiger partial charge >= 0.3 is 0 Å². The van der Waals surface area contributed by atoms with Crippen molar-refractivity contribution in [2.24, 2.45) is 7.05 Å². The molecule has 2 heterocycles. The Morgan fingerprint density at radius 2 is 1.89 bits per heavy atom. The average Bonchev–Trinajstić information content (AvgIpc) is 3.28. The summed E-state index contributed by atoms with van der Waals surface area (Å²) in [5, 5.41) is 2.62. The largest absolute Gasteiger partial charge is 0.353 e. The van der Waals surface area contributed by atoms with E-state index in [9.17, 15) is 4.79 Å². The molecule has 0 N–H and O–H groups in total. The van der Waals surface area contributed by atoms with E-state index in [-0.39, 0.29) is 5.91 Å². The number of thioether (sulfide) groups is 1. The molecule has 5 heteroatoms. The molecule has 0 spiro atoms. The standard InChI is InChI=1S/C22H26N2OS2/c1-17(2)27-20-10-8-18(9-11-20)14-22(25)24(16-21-7-5-13-26-21)15-19-6-4-12-23(19)3/h4-13,17H,14-16H2,1-3H3. The number of aryl methyl sites for hydroxylation is 1. The van der Waals surface area contributed by atoms with Crippen LogP contribution in [-0.4, -0.2) is 20.6 Å². The number of aromatic nitrogens is 1. The minimum absolute atomic E-state index is 0.161. The number of hydrogen-bond donors (Lipinski definition) is 0. The van der Waals surface area contributed by atoms with Gasteiger partial charge in [0, 0.05) is 34.0 Å². The van der Waals surface area contributed by atoms with Crippen molar-refractivity contribution < 1.29 is 4.79 Å². The SMILES string of the molecule is CC(C)Sc1ccc(CC(=O)N(Cc2cccs2)Cc2cccn2C)cc1. The molecule has 27 heavy (non-hydrogen) atoms. The van der Waals surface area contributed by atoms with Crippen LogP contribution in [0.2, 0.25) is 0 Å². The van der Waals surface area contributed by atoms with E-state index in [0.717, 1.165) is 11.3 Å². The molecule has 142 valence electrons. The van der Waals surface area contributed by atoms with Crippen molar-refractivity contribution in [2.45, 2.75) is 43.5 Å². The quantitative estimate of drug-likeness (QED) is 0.477. The maximum Gasteiger partial charge on any atom is 0.227 e. The van der Waals surface area contributed by atoms with Gasteiger partial charge in [-0.15, -0.1) is 23.1 Å². The summed E-state index contributed by atoms with van der Waals surface area (Å²) < 4.78 is 2.08. The van der Waals surface area contributed by atoms with Crippen molar-refractivity contribution >= 4 is 29.0 Å². The number of rotatable bonds is 8. The van der Waals surface area contributed by atoms with Gasteiger partial charge in [-0.3, -0.25) is 4.79 Å². The number of carbonyl (C=O) groups is 1. The van der Waals surface area contributed by atoms with Crippen molar-refractivity contribution in [2.75, 3.05) is 0 Å². The Bertz CT molecular complexity index is 851. The van der Waals surface area contributed by atoms with Crippen LogP contribution in [0.5, 0.6) is 0 Å². The summed E-state index contributed by atoms with van der Waals surface area (Å²) in [5.74, 6) is 0.161. The van der Waals surface area contributed by atoms with Gasteiger partial charge in [0.15, 0.2) is 0 Å². The molecule has 0 fully saturated rings. The molecule has 2 aromatic heterocycles. The zero-order valence-electron chi connectivity index (χ0n) is 16.1. The molecule has 0 aliphatic rings. The van der Waals surface area contributed by atoms with E-state index in [1.165, 1.54) is 9.77 Å². The van der Waals surface area contributed by atoms with Crippen molar-refractivity contribution in [3.63, 3.8) is 0 Å². The molecule has 0 aliphatic carbocycles. The average molecular weight is 399 g/mol. The zero-order valence-corrected chi connectivity index (χ0v) is 17.7. The predicted molar refractivity (Wildman–Crippen MR) is 115 cm³/mol. The predicted octanol–water partition coefficient (Wildman–Crippen LogP) is 5.36. The summed E-state index contributed by atoms with van der Waals surface area (Å²) in [6, 6.07) is 16.6. The van der Waals surface area contributed by atoms with Crippen molar-refractivity contribution in [3.05, 3.63) is 76.2 Å². The maximum atomic E-state index is 13.1. The topological polar surface area (TPSA) is 25.2 Å². The Labute approximate surface area is 170 Å². The van der Waals surface area contributed by atoms with Gasteiger partial charge in [0.05, 0.1) is 19.5 Å². The van der Waals surface area contributed by atoms with Gasteiger partial charge in [-0.2, -0.15) is 0 Å². The fourth-order valence-electron chi connectivity index (χ4n) is 2.92. The molecule has 1 amide bonds. The molecular weight excluding hydrogens is 372 g/mol. The Balaban J connectivity index is 1.70. The smallest absolute Gasteiger partial charge is 0.227 e. The molecule has 0 saturated heterocycles. The maximum absolute atomic E-state index is 13.1. The van der Waals surface area contributed by atoms with Crippen LogP contribution in [0.15, 0.2) is 65.0 Å². The Hall–Kier alpha value is -1.98. The van der Waals surface area contributed by atoms with Crippen LogP contribution < -0.4 is 0 Å². The fourth-order valence-corrected chi connectivity index (χ4v) is 4.48. The first kappa shape index (κ1) is 19.8. The first-order chi connectivity index (χ1) is 13.0. The molecule has 0 radical (unpaired) electrons. The van der Waals surface area contributed by atoms with Gasteiger partial charge in [-0.05, 0) is 41.3 Å². The summed E-state index contributed by atoms with van der Waals surface area (Å²) >= 11 is 3.54. The first-order valence-electron chi connectivity index (χ1n) is 9.17. The molecule has 0 atom stereocenters. The van der Waals surface area contributed by atoms with Crippen molar-refractivity contribution in [3.8, 4) is 0 Å². The van der Waals surface area contributed by atoms with E-state index >= 15 is 0 Å². The minimum Gasteiger partial charge on any atom is -0.353 e. The highest BCUT2D eigenvalue weighted by Crippen LogP contribution is 2.23. The highest BCUT2D eigenvalue weighted by molar-refractivity contribution is 7.99. The Morgan fingerprint density at radius 1 is 1.11 bits per heavy atom. The van der Waals surface area contributed by atoms with Crippen LogP contribution in [0, 0.1) is 0 Å². The van der Waals surface area contributed by atoms with Gasteiger partial charge in [0.2, 0.25) is 5.91 Å². The second-order valence-corrected chi connectivity index (χ2v) is 9.61. The van der Waals surface area contributed by atoms with E-state index < -0.39 is 0 Å². The molecule has 3 aromatic rings. The van der Waals surface area contributed by atoms with E-state index in [1.54, 1.807) is 11.3 Å². The fraction of sp³-hybridized carbons (Fsp3) is 0.318. The lowest BCUT2D eigenvalue weighted by Crippen LogP contribution is -2.31. The summed E-state index contributed by atoms with van der Waals surface area (Å²) in [6.45, 7) is 5.66. The summed E-state index contributed by atoms with van der Waals surface area (Å²) in [5.41, 5.74) is 2.21. The third-order valence-electron chi connectivity index (χ3n) is 4.33. The molecular formula is C22H26N2OS2. The van der Waals surface area contributed by atoms with Crippen molar-refractivity contribution in [1.29, 1.82) is 0 Å². The second kappa shape index (κ2) is 9.29. The van der Waals surface area contributed by atoms with Crippen molar-refractivity contribution in [1.82, 2.24) is 9.47 Å². The summed E-state index contributed by atoms with van der Waals surface area (Å²) in [7, 11) is 2.02. The normalized spacial score (nSPS) is 11.1. The van der Waals surface area contributed by atoms with Gasteiger partial charge < -0.3 is 9.47 Å². The lowest BCUT2D eigenvalue weighted by Gasteiger charge is -2.23. The molecule has 3 rings (SSSR count). The number of hydrogen-bond acceptors (Lipinski definition) is 3. The molecule has 3 nitrogen and oxygen atoms in total. The first-order valence-corrected chi connectivity index (χ1v) is 10.9. The molecule has 0 saturated carbocycles. The van der Waals surface area contributed by atoms with E-state index in [2.05, 4.69) is 60.2 Å². The van der Waals surface area contributed by atoms with E-state index in [1.807, 2.05) is 42.0 Å². The molecule has 0 unspecified atom stereocenters.